The second-order valence-corrected chi connectivity index (χ2v) is 8.49. The Kier molecular flexibility index (Phi) is 5.00. The largest absolute Gasteiger partial charge is 0.341 e. The Hall–Kier alpha value is -1.21. The monoisotopic (exact) mass is 339 g/mol. The van der Waals surface area contributed by atoms with E-state index in [1.807, 2.05) is 20.8 Å². The number of hydrogen-bond donors (Lipinski definition) is 0. The molecule has 0 saturated carbocycles. The fraction of sp³-hybridized carbons (Fsp3) is 0.462. The van der Waals surface area contributed by atoms with Crippen molar-refractivity contribution >= 4 is 25.6 Å². The fourth-order valence-electron chi connectivity index (χ4n) is 1.85. The van der Waals surface area contributed by atoms with Gasteiger partial charge in [-0.05, 0) is 17.5 Å². The second kappa shape index (κ2) is 5.88. The zero-order chi connectivity index (χ0) is 16.6. The van der Waals surface area contributed by atoms with Crippen LogP contribution in [0.15, 0.2) is 17.0 Å². The van der Waals surface area contributed by atoms with E-state index >= 15 is 0 Å². The van der Waals surface area contributed by atoms with E-state index in [2.05, 4.69) is 0 Å². The van der Waals surface area contributed by atoms with Crippen molar-refractivity contribution in [3.8, 4) is 0 Å². The molecule has 1 rings (SSSR count). The number of carbonyl (C=O) groups excluding carboxylic acids is 1. The second-order valence-electron chi connectivity index (χ2n) is 5.93. The Labute approximate surface area is 127 Å². The number of nitrogens with zero attached hydrogens (tertiary/aromatic N) is 1. The summed E-state index contributed by atoms with van der Waals surface area (Å²) >= 11 is 0. The van der Waals surface area contributed by atoms with Crippen molar-refractivity contribution in [3.05, 3.63) is 29.3 Å². The SMILES string of the molecule is CN(CC(C)(C)C)C(=O)c1cc(S(=O)(=O)Cl)cc(F)c1F. The first kappa shape index (κ1) is 17.8. The zero-order valence-electron chi connectivity index (χ0n) is 12.1. The number of benzene rings is 1. The van der Waals surface area contributed by atoms with Gasteiger partial charge >= 0.3 is 0 Å². The topological polar surface area (TPSA) is 54.5 Å². The van der Waals surface area contributed by atoms with E-state index in [1.54, 1.807) is 0 Å². The van der Waals surface area contributed by atoms with Gasteiger partial charge in [-0.15, -0.1) is 0 Å². The molecule has 0 saturated heterocycles. The molecule has 0 unspecified atom stereocenters. The standard InChI is InChI=1S/C13H16ClF2NO3S/c1-13(2,3)7-17(4)12(18)9-5-8(21(14,19)20)6-10(15)11(9)16/h5-6H,7H2,1-4H3. The molecule has 0 fully saturated rings. The molecule has 1 amide bonds. The Morgan fingerprint density at radius 2 is 1.81 bits per heavy atom. The summed E-state index contributed by atoms with van der Waals surface area (Å²) in [6.07, 6.45) is 0. The van der Waals surface area contributed by atoms with Gasteiger partial charge in [0.2, 0.25) is 0 Å². The highest BCUT2D eigenvalue weighted by atomic mass is 35.7. The summed E-state index contributed by atoms with van der Waals surface area (Å²) in [4.78, 5) is 12.7. The Balaban J connectivity index is 3.30. The first-order chi connectivity index (χ1) is 9.33. The highest BCUT2D eigenvalue weighted by Gasteiger charge is 2.25. The molecule has 0 atom stereocenters. The highest BCUT2D eigenvalue weighted by Crippen LogP contribution is 2.23. The molecule has 0 aliphatic rings. The summed E-state index contributed by atoms with van der Waals surface area (Å²) in [6.45, 7) is 5.89. The summed E-state index contributed by atoms with van der Waals surface area (Å²) in [5, 5.41) is 0. The lowest BCUT2D eigenvalue weighted by Crippen LogP contribution is -2.35. The van der Waals surface area contributed by atoms with Gasteiger partial charge < -0.3 is 4.90 Å². The van der Waals surface area contributed by atoms with Crippen molar-refractivity contribution in [1.29, 1.82) is 0 Å². The molecule has 21 heavy (non-hydrogen) atoms. The Morgan fingerprint density at radius 3 is 2.24 bits per heavy atom. The van der Waals surface area contributed by atoms with Crippen LogP contribution in [0.2, 0.25) is 0 Å². The Bertz CT molecular complexity index is 669. The molecule has 0 bridgehead atoms. The van der Waals surface area contributed by atoms with Crippen LogP contribution in [0.1, 0.15) is 31.1 Å². The molecular formula is C13H16ClF2NO3S. The van der Waals surface area contributed by atoms with Crippen LogP contribution in [0.4, 0.5) is 8.78 Å². The predicted molar refractivity (Wildman–Crippen MR) is 75.8 cm³/mol. The Morgan fingerprint density at radius 1 is 1.29 bits per heavy atom. The average molecular weight is 340 g/mol. The van der Waals surface area contributed by atoms with Crippen molar-refractivity contribution in [3.63, 3.8) is 0 Å². The summed E-state index contributed by atoms with van der Waals surface area (Å²) in [6, 6.07) is 1.18. The minimum atomic E-state index is -4.26. The normalized spacial score (nSPS) is 12.3. The molecular weight excluding hydrogens is 324 g/mol. The lowest BCUT2D eigenvalue weighted by atomic mass is 9.96. The van der Waals surface area contributed by atoms with E-state index in [-0.39, 0.29) is 12.0 Å². The van der Waals surface area contributed by atoms with Crippen LogP contribution in [-0.4, -0.2) is 32.8 Å². The first-order valence-corrected chi connectivity index (χ1v) is 8.33. The maximum Gasteiger partial charge on any atom is 0.261 e. The summed E-state index contributed by atoms with van der Waals surface area (Å²) in [5.74, 6) is -3.66. The third-order valence-corrected chi connectivity index (χ3v) is 3.91. The molecule has 0 heterocycles. The van der Waals surface area contributed by atoms with E-state index in [0.29, 0.717) is 6.07 Å². The van der Waals surface area contributed by atoms with E-state index in [1.165, 1.54) is 11.9 Å². The third-order valence-electron chi connectivity index (χ3n) is 2.57. The van der Waals surface area contributed by atoms with Crippen LogP contribution in [0.3, 0.4) is 0 Å². The summed E-state index contributed by atoms with van der Waals surface area (Å²) < 4.78 is 49.7. The van der Waals surface area contributed by atoms with E-state index < -0.39 is 37.1 Å². The fourth-order valence-corrected chi connectivity index (χ4v) is 2.62. The smallest absolute Gasteiger partial charge is 0.261 e. The first-order valence-electron chi connectivity index (χ1n) is 6.02. The predicted octanol–water partition coefficient (Wildman–Crippen LogP) is 3.01. The molecule has 0 N–H and O–H groups in total. The van der Waals surface area contributed by atoms with Crippen LogP contribution in [-0.2, 0) is 9.05 Å². The van der Waals surface area contributed by atoms with E-state index in [9.17, 15) is 22.0 Å². The van der Waals surface area contributed by atoms with Crippen molar-refractivity contribution in [2.45, 2.75) is 25.7 Å². The van der Waals surface area contributed by atoms with Gasteiger partial charge in [0, 0.05) is 24.3 Å². The average Bonchev–Trinajstić information content (AvgIpc) is 2.27. The van der Waals surface area contributed by atoms with Gasteiger partial charge in [-0.2, -0.15) is 0 Å². The van der Waals surface area contributed by atoms with Crippen LogP contribution < -0.4 is 0 Å². The number of halogens is 3. The van der Waals surface area contributed by atoms with Gasteiger partial charge in [0.25, 0.3) is 15.0 Å². The molecule has 0 radical (unpaired) electrons. The molecule has 0 spiro atoms. The number of amides is 1. The molecule has 1 aromatic rings. The molecule has 0 aliphatic heterocycles. The van der Waals surface area contributed by atoms with E-state index in [4.69, 9.17) is 10.7 Å². The lowest BCUT2D eigenvalue weighted by Gasteiger charge is -2.26. The molecule has 0 aromatic heterocycles. The summed E-state index contributed by atoms with van der Waals surface area (Å²) in [5.41, 5.74) is -0.920. The zero-order valence-corrected chi connectivity index (χ0v) is 13.6. The van der Waals surface area contributed by atoms with Crippen LogP contribution >= 0.6 is 10.7 Å². The lowest BCUT2D eigenvalue weighted by molar-refractivity contribution is 0.0739. The van der Waals surface area contributed by atoms with Gasteiger partial charge in [-0.1, -0.05) is 20.8 Å². The quantitative estimate of drug-likeness (QED) is 0.795. The van der Waals surface area contributed by atoms with Gasteiger partial charge in [0.1, 0.15) is 0 Å². The third kappa shape index (κ3) is 4.64. The van der Waals surface area contributed by atoms with Gasteiger partial charge in [-0.3, -0.25) is 4.79 Å². The van der Waals surface area contributed by atoms with Crippen molar-refractivity contribution in [2.24, 2.45) is 5.41 Å². The number of rotatable bonds is 3. The van der Waals surface area contributed by atoms with Crippen molar-refractivity contribution < 1.29 is 22.0 Å². The number of hydrogen-bond acceptors (Lipinski definition) is 3. The van der Waals surface area contributed by atoms with Crippen molar-refractivity contribution in [1.82, 2.24) is 4.90 Å². The minimum Gasteiger partial charge on any atom is -0.341 e. The molecule has 118 valence electrons. The summed E-state index contributed by atoms with van der Waals surface area (Å²) in [7, 11) is 2.26. The van der Waals surface area contributed by atoms with Gasteiger partial charge in [0.15, 0.2) is 11.6 Å². The van der Waals surface area contributed by atoms with E-state index in [0.717, 1.165) is 6.07 Å². The maximum atomic E-state index is 13.8. The molecule has 4 nitrogen and oxygen atoms in total. The van der Waals surface area contributed by atoms with Gasteiger partial charge in [0.05, 0.1) is 10.5 Å². The number of carbonyl (C=O) groups is 1. The van der Waals surface area contributed by atoms with Crippen LogP contribution in [0.5, 0.6) is 0 Å². The minimum absolute atomic E-state index is 0.254. The van der Waals surface area contributed by atoms with Crippen LogP contribution in [0, 0.1) is 17.0 Å². The molecule has 8 heteroatoms. The van der Waals surface area contributed by atoms with Crippen LogP contribution in [0.25, 0.3) is 0 Å². The molecule has 0 aliphatic carbocycles. The van der Waals surface area contributed by atoms with Gasteiger partial charge in [-0.25, -0.2) is 17.2 Å². The molecule has 1 aromatic carbocycles. The highest BCUT2D eigenvalue weighted by molar-refractivity contribution is 8.13. The van der Waals surface area contributed by atoms with Crippen molar-refractivity contribution in [2.75, 3.05) is 13.6 Å². The maximum absolute atomic E-state index is 13.8.